The van der Waals surface area contributed by atoms with Gasteiger partial charge in [-0.25, -0.2) is 0 Å². The van der Waals surface area contributed by atoms with Crippen LogP contribution in [0.3, 0.4) is 0 Å². The van der Waals surface area contributed by atoms with Gasteiger partial charge in [-0.15, -0.1) is 3.89 Å². The minimum atomic E-state index is -4.40. The second-order valence-electron chi connectivity index (χ2n) is 2.61. The number of halogens is 1. The van der Waals surface area contributed by atoms with Crippen LogP contribution >= 0.6 is 0 Å². The van der Waals surface area contributed by atoms with Crippen LogP contribution in [0, 0.1) is 6.92 Å². The molecule has 12 heavy (non-hydrogen) atoms. The highest BCUT2D eigenvalue weighted by molar-refractivity contribution is 7.85. The molecule has 1 aromatic carbocycles. The van der Waals surface area contributed by atoms with Crippen LogP contribution in [0.4, 0.5) is 3.89 Å². The summed E-state index contributed by atoms with van der Waals surface area (Å²) in [5.74, 6) is -0.528. The lowest BCUT2D eigenvalue weighted by atomic mass is 10.1. The van der Waals surface area contributed by atoms with E-state index in [1.54, 1.807) is 31.2 Å². The van der Waals surface area contributed by atoms with Gasteiger partial charge in [0.05, 0.1) is 0 Å². The molecule has 0 aliphatic heterocycles. The normalized spacial score (nSPS) is 11.5. The van der Waals surface area contributed by atoms with Gasteiger partial charge in [0.25, 0.3) is 0 Å². The maximum Gasteiger partial charge on any atom is 0.306 e. The first-order chi connectivity index (χ1) is 5.49. The van der Waals surface area contributed by atoms with Gasteiger partial charge in [0, 0.05) is 0 Å². The van der Waals surface area contributed by atoms with Crippen LogP contribution in [0.25, 0.3) is 0 Å². The van der Waals surface area contributed by atoms with E-state index in [4.69, 9.17) is 0 Å². The smallest absolute Gasteiger partial charge is 0.194 e. The summed E-state index contributed by atoms with van der Waals surface area (Å²) in [4.78, 5) is 0. The lowest BCUT2D eigenvalue weighted by molar-refractivity contribution is 0.551. The SMILES string of the molecule is Cc1ccccc1CS(=O)(=O)F. The van der Waals surface area contributed by atoms with Crippen molar-refractivity contribution >= 4 is 10.2 Å². The standard InChI is InChI=1S/C8H9FO2S/c1-7-4-2-3-5-8(7)6-12(9,10)11/h2-5H,6H2,1H3. The number of hydrogen-bond donors (Lipinski definition) is 0. The van der Waals surface area contributed by atoms with Crippen LogP contribution in [-0.2, 0) is 16.0 Å². The molecule has 0 unspecified atom stereocenters. The fourth-order valence-corrected chi connectivity index (χ4v) is 1.65. The van der Waals surface area contributed by atoms with Gasteiger partial charge in [-0.3, -0.25) is 0 Å². The van der Waals surface area contributed by atoms with Crippen molar-refractivity contribution in [3.63, 3.8) is 0 Å². The average molecular weight is 188 g/mol. The third-order valence-corrected chi connectivity index (χ3v) is 2.24. The molecule has 0 fully saturated rings. The van der Waals surface area contributed by atoms with Gasteiger partial charge in [-0.05, 0) is 18.1 Å². The zero-order chi connectivity index (χ0) is 9.19. The van der Waals surface area contributed by atoms with E-state index in [0.717, 1.165) is 5.56 Å². The first-order valence-corrected chi connectivity index (χ1v) is 5.01. The summed E-state index contributed by atoms with van der Waals surface area (Å²) >= 11 is 0. The second kappa shape index (κ2) is 3.23. The highest BCUT2D eigenvalue weighted by Gasteiger charge is 2.09. The minimum Gasteiger partial charge on any atom is -0.194 e. The molecule has 0 amide bonds. The first kappa shape index (κ1) is 9.19. The largest absolute Gasteiger partial charge is 0.306 e. The molecule has 0 spiro atoms. The summed E-state index contributed by atoms with van der Waals surface area (Å²) in [7, 11) is -4.40. The molecule has 4 heteroatoms. The van der Waals surface area contributed by atoms with Gasteiger partial charge in [0.2, 0.25) is 0 Å². The molecule has 0 heterocycles. The summed E-state index contributed by atoms with van der Waals surface area (Å²) in [6.07, 6.45) is 0. The summed E-state index contributed by atoms with van der Waals surface area (Å²) in [5.41, 5.74) is 1.30. The summed E-state index contributed by atoms with van der Waals surface area (Å²) in [6, 6.07) is 6.82. The molecule has 1 aromatic rings. The van der Waals surface area contributed by atoms with Gasteiger partial charge in [-0.1, -0.05) is 24.3 Å². The molecule has 1 rings (SSSR count). The van der Waals surface area contributed by atoms with Gasteiger partial charge in [-0.2, -0.15) is 8.42 Å². The Morgan fingerprint density at radius 2 is 1.92 bits per heavy atom. The van der Waals surface area contributed by atoms with Gasteiger partial charge in [0.1, 0.15) is 5.75 Å². The Labute approximate surface area is 71.2 Å². The van der Waals surface area contributed by atoms with Crippen molar-refractivity contribution in [1.82, 2.24) is 0 Å². The summed E-state index contributed by atoms with van der Waals surface area (Å²) < 4.78 is 32.8. The molecule has 0 aliphatic rings. The predicted octanol–water partition coefficient (Wildman–Crippen LogP) is 1.79. The van der Waals surface area contributed by atoms with Gasteiger partial charge >= 0.3 is 10.2 Å². The minimum absolute atomic E-state index is 0.514. The third-order valence-electron chi connectivity index (χ3n) is 1.59. The molecular weight excluding hydrogens is 179 g/mol. The van der Waals surface area contributed by atoms with Crippen LogP contribution in [0.5, 0.6) is 0 Å². The molecule has 0 N–H and O–H groups in total. The number of hydrogen-bond acceptors (Lipinski definition) is 2. The predicted molar refractivity (Wildman–Crippen MR) is 44.9 cm³/mol. The Bertz CT molecular complexity index is 370. The van der Waals surface area contributed by atoms with E-state index in [-0.39, 0.29) is 0 Å². The Kier molecular flexibility index (Phi) is 2.47. The zero-order valence-corrected chi connectivity index (χ0v) is 7.44. The van der Waals surface area contributed by atoms with Crippen LogP contribution in [0.15, 0.2) is 24.3 Å². The fraction of sp³-hybridized carbons (Fsp3) is 0.250. The zero-order valence-electron chi connectivity index (χ0n) is 6.62. The van der Waals surface area contributed by atoms with E-state index < -0.39 is 16.0 Å². The highest BCUT2D eigenvalue weighted by atomic mass is 32.3. The lowest BCUT2D eigenvalue weighted by Gasteiger charge is -2.00. The molecule has 0 saturated carbocycles. The summed E-state index contributed by atoms with van der Waals surface area (Å²) in [6.45, 7) is 1.75. The van der Waals surface area contributed by atoms with Crippen LogP contribution in [0.2, 0.25) is 0 Å². The van der Waals surface area contributed by atoms with E-state index in [1.165, 1.54) is 0 Å². The molecule has 0 bridgehead atoms. The number of rotatable bonds is 2. The van der Waals surface area contributed by atoms with E-state index >= 15 is 0 Å². The van der Waals surface area contributed by atoms with Crippen molar-refractivity contribution in [2.24, 2.45) is 0 Å². The molecular formula is C8H9FO2S. The van der Waals surface area contributed by atoms with Crippen molar-refractivity contribution in [3.8, 4) is 0 Å². The fourth-order valence-electron chi connectivity index (χ4n) is 0.958. The highest BCUT2D eigenvalue weighted by Crippen LogP contribution is 2.11. The maximum absolute atomic E-state index is 12.2. The topological polar surface area (TPSA) is 34.1 Å². The third kappa shape index (κ3) is 2.62. The Balaban J connectivity index is 2.98. The Morgan fingerprint density at radius 1 is 1.33 bits per heavy atom. The van der Waals surface area contributed by atoms with Crippen LogP contribution in [-0.4, -0.2) is 8.42 Å². The van der Waals surface area contributed by atoms with Crippen LogP contribution < -0.4 is 0 Å². The lowest BCUT2D eigenvalue weighted by Crippen LogP contribution is -1.97. The van der Waals surface area contributed by atoms with Gasteiger partial charge < -0.3 is 0 Å². The summed E-state index contributed by atoms with van der Waals surface area (Å²) in [5, 5.41) is 0. The average Bonchev–Trinajstić information content (AvgIpc) is 1.91. The van der Waals surface area contributed by atoms with Crippen molar-refractivity contribution in [1.29, 1.82) is 0 Å². The van der Waals surface area contributed by atoms with Crippen LogP contribution in [0.1, 0.15) is 11.1 Å². The van der Waals surface area contributed by atoms with Crippen molar-refractivity contribution in [3.05, 3.63) is 35.4 Å². The van der Waals surface area contributed by atoms with E-state index in [9.17, 15) is 12.3 Å². The molecule has 0 radical (unpaired) electrons. The van der Waals surface area contributed by atoms with E-state index in [1.807, 2.05) is 0 Å². The van der Waals surface area contributed by atoms with Crippen molar-refractivity contribution in [2.45, 2.75) is 12.7 Å². The Hall–Kier alpha value is -0.900. The molecule has 0 saturated heterocycles. The molecule has 2 nitrogen and oxygen atoms in total. The Morgan fingerprint density at radius 3 is 2.42 bits per heavy atom. The second-order valence-corrected chi connectivity index (χ2v) is 3.98. The number of benzene rings is 1. The monoisotopic (exact) mass is 188 g/mol. The van der Waals surface area contributed by atoms with Crippen molar-refractivity contribution < 1.29 is 12.3 Å². The first-order valence-electron chi connectivity index (χ1n) is 3.46. The maximum atomic E-state index is 12.2. The van der Waals surface area contributed by atoms with E-state index in [0.29, 0.717) is 5.56 Å². The molecule has 0 aromatic heterocycles. The molecule has 66 valence electrons. The molecule has 0 aliphatic carbocycles. The van der Waals surface area contributed by atoms with Crippen molar-refractivity contribution in [2.75, 3.05) is 0 Å². The molecule has 0 atom stereocenters. The van der Waals surface area contributed by atoms with E-state index in [2.05, 4.69) is 0 Å². The van der Waals surface area contributed by atoms with Gasteiger partial charge in [0.15, 0.2) is 0 Å². The number of aryl methyl sites for hydroxylation is 1. The quantitative estimate of drug-likeness (QED) is 0.663.